The first kappa shape index (κ1) is 19.0. The Hall–Kier alpha value is -2.74. The van der Waals surface area contributed by atoms with Crippen LogP contribution in [0.15, 0.2) is 48.5 Å². The van der Waals surface area contributed by atoms with Crippen molar-refractivity contribution in [1.82, 2.24) is 4.90 Å². The molecule has 2 aromatic rings. The Morgan fingerprint density at radius 1 is 1.11 bits per heavy atom. The third kappa shape index (κ3) is 4.51. The molecule has 0 aromatic heterocycles. The highest BCUT2D eigenvalue weighted by Crippen LogP contribution is 2.30. The molecular weight excluding hydrogens is 383 g/mol. The summed E-state index contributed by atoms with van der Waals surface area (Å²) in [4.78, 5) is 27.4. The van der Waals surface area contributed by atoms with Crippen molar-refractivity contribution in [2.24, 2.45) is 0 Å². The summed E-state index contributed by atoms with van der Waals surface area (Å²) in [5.74, 6) is -0.569. The molecule has 9 heteroatoms. The molecule has 142 valence electrons. The van der Waals surface area contributed by atoms with Crippen LogP contribution >= 0.6 is 11.6 Å². The van der Waals surface area contributed by atoms with Crippen LogP contribution in [0, 0.1) is 0 Å². The Morgan fingerprint density at radius 2 is 1.81 bits per heavy atom. The average molecular weight is 398 g/mol. The molecule has 0 radical (unpaired) electrons. The van der Waals surface area contributed by atoms with Crippen molar-refractivity contribution in [2.75, 3.05) is 29.9 Å². The average Bonchev–Trinajstić information content (AvgIpc) is 2.96. The zero-order valence-electron chi connectivity index (χ0n) is 14.0. The van der Waals surface area contributed by atoms with Crippen LogP contribution in [0.1, 0.15) is 5.56 Å². The molecule has 1 N–H and O–H groups in total. The Morgan fingerprint density at radius 3 is 2.48 bits per heavy atom. The zero-order chi connectivity index (χ0) is 19.6. The van der Waals surface area contributed by atoms with Gasteiger partial charge in [0.2, 0.25) is 5.91 Å². The van der Waals surface area contributed by atoms with E-state index < -0.39 is 17.6 Å². The molecule has 0 spiro atoms. The Kier molecular flexibility index (Phi) is 5.27. The van der Waals surface area contributed by atoms with Gasteiger partial charge in [0.05, 0.1) is 5.56 Å². The van der Waals surface area contributed by atoms with E-state index in [2.05, 4.69) is 5.32 Å². The van der Waals surface area contributed by atoms with Crippen molar-refractivity contribution in [1.29, 1.82) is 0 Å². The molecule has 1 aliphatic rings. The van der Waals surface area contributed by atoms with Crippen molar-refractivity contribution >= 4 is 34.9 Å². The number of urea groups is 1. The monoisotopic (exact) mass is 397 g/mol. The van der Waals surface area contributed by atoms with Gasteiger partial charge in [0, 0.05) is 29.5 Å². The molecule has 5 nitrogen and oxygen atoms in total. The molecule has 0 unspecified atom stereocenters. The topological polar surface area (TPSA) is 52.7 Å². The van der Waals surface area contributed by atoms with Crippen LogP contribution in [-0.4, -0.2) is 36.5 Å². The third-order valence-corrected chi connectivity index (χ3v) is 4.29. The van der Waals surface area contributed by atoms with Crippen LogP contribution < -0.4 is 10.2 Å². The fraction of sp³-hybridized carbons (Fsp3) is 0.222. The lowest BCUT2D eigenvalue weighted by atomic mass is 10.2. The Labute approximate surface area is 158 Å². The van der Waals surface area contributed by atoms with E-state index in [4.69, 9.17) is 11.6 Å². The van der Waals surface area contributed by atoms with Gasteiger partial charge < -0.3 is 10.2 Å². The van der Waals surface area contributed by atoms with Crippen molar-refractivity contribution in [2.45, 2.75) is 6.18 Å². The molecule has 27 heavy (non-hydrogen) atoms. The summed E-state index contributed by atoms with van der Waals surface area (Å²) >= 11 is 5.83. The number of nitrogens with zero attached hydrogens (tertiary/aromatic N) is 2. The van der Waals surface area contributed by atoms with Gasteiger partial charge in [-0.25, -0.2) is 4.79 Å². The van der Waals surface area contributed by atoms with Crippen LogP contribution in [0.4, 0.5) is 29.3 Å². The van der Waals surface area contributed by atoms with E-state index in [-0.39, 0.29) is 18.3 Å². The number of carbonyl (C=O) groups is 2. The maximum Gasteiger partial charge on any atom is 0.416 e. The molecule has 0 aliphatic carbocycles. The summed E-state index contributed by atoms with van der Waals surface area (Å²) in [6, 6.07) is 10.7. The third-order valence-electron chi connectivity index (χ3n) is 4.04. The molecule has 0 bridgehead atoms. The number of hydrogen-bond acceptors (Lipinski definition) is 2. The molecule has 2 aromatic carbocycles. The van der Waals surface area contributed by atoms with Crippen molar-refractivity contribution < 1.29 is 22.8 Å². The quantitative estimate of drug-likeness (QED) is 0.839. The SMILES string of the molecule is O=C(CN1CCN(c2ccc(Cl)cc2)C1=O)Nc1cccc(C(F)(F)F)c1. The fourth-order valence-electron chi connectivity index (χ4n) is 2.74. The lowest BCUT2D eigenvalue weighted by Gasteiger charge is -2.18. The molecule has 3 rings (SSSR count). The number of halogens is 4. The number of nitrogens with one attached hydrogen (secondary N) is 1. The minimum absolute atomic E-state index is 0.0241. The second-order valence-corrected chi connectivity index (χ2v) is 6.40. The highest BCUT2D eigenvalue weighted by atomic mass is 35.5. The second kappa shape index (κ2) is 7.48. The van der Waals surface area contributed by atoms with E-state index in [1.165, 1.54) is 21.9 Å². The molecule has 0 saturated carbocycles. The van der Waals surface area contributed by atoms with E-state index in [0.717, 1.165) is 12.1 Å². The van der Waals surface area contributed by atoms with E-state index in [1.807, 2.05) is 0 Å². The highest BCUT2D eigenvalue weighted by Gasteiger charge is 2.32. The Balaban J connectivity index is 1.62. The minimum atomic E-state index is -4.50. The molecule has 1 fully saturated rings. The van der Waals surface area contributed by atoms with E-state index in [0.29, 0.717) is 23.8 Å². The highest BCUT2D eigenvalue weighted by molar-refractivity contribution is 6.30. The number of carbonyl (C=O) groups excluding carboxylic acids is 2. The van der Waals surface area contributed by atoms with Crippen LogP contribution in [0.25, 0.3) is 0 Å². The van der Waals surface area contributed by atoms with Crippen LogP contribution in [-0.2, 0) is 11.0 Å². The number of alkyl halides is 3. The first-order valence-electron chi connectivity index (χ1n) is 8.03. The second-order valence-electron chi connectivity index (χ2n) is 5.96. The van der Waals surface area contributed by atoms with E-state index in [1.54, 1.807) is 24.3 Å². The fourth-order valence-corrected chi connectivity index (χ4v) is 2.86. The summed E-state index contributed by atoms with van der Waals surface area (Å²) in [6.45, 7) is 0.480. The van der Waals surface area contributed by atoms with Gasteiger partial charge in [-0.3, -0.25) is 9.69 Å². The van der Waals surface area contributed by atoms with Gasteiger partial charge in [-0.15, -0.1) is 0 Å². The number of amides is 3. The lowest BCUT2D eigenvalue weighted by Crippen LogP contribution is -2.37. The maximum atomic E-state index is 12.7. The van der Waals surface area contributed by atoms with Gasteiger partial charge in [-0.05, 0) is 42.5 Å². The van der Waals surface area contributed by atoms with Gasteiger partial charge in [0.1, 0.15) is 6.54 Å². The van der Waals surface area contributed by atoms with Crippen molar-refractivity contribution in [3.63, 3.8) is 0 Å². The normalized spacial score (nSPS) is 14.6. The summed E-state index contributed by atoms with van der Waals surface area (Å²) in [5, 5.41) is 2.94. The van der Waals surface area contributed by atoms with E-state index >= 15 is 0 Å². The van der Waals surface area contributed by atoms with E-state index in [9.17, 15) is 22.8 Å². The summed E-state index contributed by atoms with van der Waals surface area (Å²) in [6.07, 6.45) is -4.50. The number of benzene rings is 2. The predicted molar refractivity (Wildman–Crippen MR) is 95.8 cm³/mol. The van der Waals surface area contributed by atoms with Crippen LogP contribution in [0.2, 0.25) is 5.02 Å². The smallest absolute Gasteiger partial charge is 0.325 e. The first-order chi connectivity index (χ1) is 12.7. The minimum Gasteiger partial charge on any atom is -0.325 e. The van der Waals surface area contributed by atoms with Crippen LogP contribution in [0.3, 0.4) is 0 Å². The molecule has 0 atom stereocenters. The van der Waals surface area contributed by atoms with Gasteiger partial charge in [-0.2, -0.15) is 13.2 Å². The standard InChI is InChI=1S/C18H15ClF3N3O2/c19-13-4-6-15(7-5-13)25-9-8-24(17(25)27)11-16(26)23-14-3-1-2-12(10-14)18(20,21)22/h1-7,10H,8-9,11H2,(H,23,26). The molecule has 1 saturated heterocycles. The Bertz CT molecular complexity index is 856. The summed E-state index contributed by atoms with van der Waals surface area (Å²) in [7, 11) is 0. The van der Waals surface area contributed by atoms with Gasteiger partial charge in [-0.1, -0.05) is 17.7 Å². The maximum absolute atomic E-state index is 12.7. The van der Waals surface area contributed by atoms with Crippen molar-refractivity contribution in [3.8, 4) is 0 Å². The summed E-state index contributed by atoms with van der Waals surface area (Å²) in [5.41, 5.74) is -0.173. The van der Waals surface area contributed by atoms with Crippen LogP contribution in [0.5, 0.6) is 0 Å². The summed E-state index contributed by atoms with van der Waals surface area (Å²) < 4.78 is 38.2. The molecule has 1 heterocycles. The number of hydrogen-bond donors (Lipinski definition) is 1. The molecular formula is C18H15ClF3N3O2. The number of rotatable bonds is 4. The predicted octanol–water partition coefficient (Wildman–Crippen LogP) is 4.24. The lowest BCUT2D eigenvalue weighted by molar-refractivity contribution is -0.137. The largest absolute Gasteiger partial charge is 0.416 e. The molecule has 1 aliphatic heterocycles. The van der Waals surface area contributed by atoms with Gasteiger partial charge in [0.15, 0.2) is 0 Å². The zero-order valence-corrected chi connectivity index (χ0v) is 14.7. The van der Waals surface area contributed by atoms with Crippen molar-refractivity contribution in [3.05, 3.63) is 59.1 Å². The first-order valence-corrected chi connectivity index (χ1v) is 8.41. The number of anilines is 2. The van der Waals surface area contributed by atoms with Gasteiger partial charge >= 0.3 is 12.2 Å². The molecule has 3 amide bonds. The van der Waals surface area contributed by atoms with Gasteiger partial charge in [0.25, 0.3) is 0 Å².